The van der Waals surface area contributed by atoms with Crippen LogP contribution in [0, 0.1) is 20.8 Å². The van der Waals surface area contributed by atoms with Crippen molar-refractivity contribution < 1.29 is 9.53 Å². The van der Waals surface area contributed by atoms with Crippen molar-refractivity contribution in [2.75, 3.05) is 0 Å². The molecular weight excluding hydrogens is 362 g/mol. The van der Waals surface area contributed by atoms with Gasteiger partial charge in [0.05, 0.1) is 11.4 Å². The number of carbonyl (C=O) groups excluding carboxylic acids is 1. The molecule has 1 heterocycles. The first-order valence-corrected chi connectivity index (χ1v) is 10.2. The maximum atomic E-state index is 12.2. The second-order valence-electron chi connectivity index (χ2n) is 7.83. The average molecular weight is 389 g/mol. The number of nitrogens with one attached hydrogen (secondary N) is 1. The monoisotopic (exact) mass is 389 g/mol. The van der Waals surface area contributed by atoms with Crippen LogP contribution in [0.5, 0.6) is 11.6 Å². The summed E-state index contributed by atoms with van der Waals surface area (Å²) >= 11 is 0. The van der Waals surface area contributed by atoms with E-state index in [2.05, 4.69) is 18.3 Å². The molecule has 1 aliphatic carbocycles. The van der Waals surface area contributed by atoms with Crippen LogP contribution in [0.15, 0.2) is 48.5 Å². The molecule has 150 valence electrons. The molecule has 5 nitrogen and oxygen atoms in total. The summed E-state index contributed by atoms with van der Waals surface area (Å²) in [6, 6.07) is 16.5. The Morgan fingerprint density at radius 3 is 2.66 bits per heavy atom. The van der Waals surface area contributed by atoms with E-state index in [-0.39, 0.29) is 5.91 Å². The molecule has 1 fully saturated rings. The molecule has 0 aliphatic heterocycles. The first-order chi connectivity index (χ1) is 14.0. The van der Waals surface area contributed by atoms with Gasteiger partial charge in [-0.25, -0.2) is 0 Å². The van der Waals surface area contributed by atoms with Gasteiger partial charge in [-0.05, 0) is 69.4 Å². The Labute approximate surface area is 171 Å². The maximum Gasteiger partial charge on any atom is 0.226 e. The number of amides is 1. The lowest BCUT2D eigenvalue weighted by Crippen LogP contribution is -2.25. The zero-order chi connectivity index (χ0) is 20.4. The number of aromatic nitrogens is 2. The van der Waals surface area contributed by atoms with E-state index in [4.69, 9.17) is 9.84 Å². The van der Waals surface area contributed by atoms with Gasteiger partial charge in [-0.1, -0.05) is 30.3 Å². The van der Waals surface area contributed by atoms with E-state index in [1.54, 1.807) is 0 Å². The second-order valence-corrected chi connectivity index (χ2v) is 7.83. The number of nitrogens with zero attached hydrogens (tertiary/aromatic N) is 2. The summed E-state index contributed by atoms with van der Waals surface area (Å²) in [5.74, 6) is 1.54. The molecule has 29 heavy (non-hydrogen) atoms. The quantitative estimate of drug-likeness (QED) is 0.631. The van der Waals surface area contributed by atoms with Crippen molar-refractivity contribution in [3.05, 3.63) is 70.9 Å². The standard InChI is InChI=1S/C24H27N3O2/c1-16-7-6-9-20(15-16)29-24-21(13-14-23(28)25-19-11-12-19)18(3)26-27(24)22-10-5-4-8-17(22)2/h4-10,15,19H,11-14H2,1-3H3,(H,25,28). The molecule has 1 saturated carbocycles. The van der Waals surface area contributed by atoms with Crippen LogP contribution in [0.4, 0.5) is 0 Å². The summed E-state index contributed by atoms with van der Waals surface area (Å²) < 4.78 is 8.21. The summed E-state index contributed by atoms with van der Waals surface area (Å²) in [4.78, 5) is 12.2. The third-order valence-corrected chi connectivity index (χ3v) is 5.23. The highest BCUT2D eigenvalue weighted by molar-refractivity contribution is 5.77. The van der Waals surface area contributed by atoms with E-state index >= 15 is 0 Å². The normalized spacial score (nSPS) is 13.3. The molecule has 0 bridgehead atoms. The molecular formula is C24H27N3O2. The zero-order valence-corrected chi connectivity index (χ0v) is 17.2. The van der Waals surface area contributed by atoms with E-state index in [0.717, 1.165) is 46.7 Å². The first-order valence-electron chi connectivity index (χ1n) is 10.2. The number of hydrogen-bond acceptors (Lipinski definition) is 3. The van der Waals surface area contributed by atoms with Crippen LogP contribution in [0.3, 0.4) is 0 Å². The highest BCUT2D eigenvalue weighted by Crippen LogP contribution is 2.32. The zero-order valence-electron chi connectivity index (χ0n) is 17.2. The van der Waals surface area contributed by atoms with Crippen LogP contribution in [0.2, 0.25) is 0 Å². The number of carbonyl (C=O) groups is 1. The fraction of sp³-hybridized carbons (Fsp3) is 0.333. The largest absolute Gasteiger partial charge is 0.439 e. The molecule has 0 unspecified atom stereocenters. The highest BCUT2D eigenvalue weighted by Gasteiger charge is 2.24. The minimum Gasteiger partial charge on any atom is -0.439 e. The molecule has 1 aromatic heterocycles. The van der Waals surface area contributed by atoms with E-state index in [1.807, 2.05) is 61.0 Å². The van der Waals surface area contributed by atoms with Crippen molar-refractivity contribution in [1.82, 2.24) is 15.1 Å². The van der Waals surface area contributed by atoms with E-state index in [0.29, 0.717) is 24.8 Å². The molecule has 5 heteroatoms. The van der Waals surface area contributed by atoms with E-state index in [9.17, 15) is 4.79 Å². The predicted octanol–water partition coefficient (Wildman–Crippen LogP) is 4.80. The van der Waals surface area contributed by atoms with Gasteiger partial charge >= 0.3 is 0 Å². The van der Waals surface area contributed by atoms with Crippen molar-refractivity contribution in [1.29, 1.82) is 0 Å². The molecule has 3 aromatic rings. The van der Waals surface area contributed by atoms with Gasteiger partial charge in [0.1, 0.15) is 5.75 Å². The number of ether oxygens (including phenoxy) is 1. The van der Waals surface area contributed by atoms with Crippen LogP contribution in [0.25, 0.3) is 5.69 Å². The Hall–Kier alpha value is -3.08. The Balaban J connectivity index is 1.69. The smallest absolute Gasteiger partial charge is 0.226 e. The van der Waals surface area contributed by atoms with Crippen LogP contribution < -0.4 is 10.1 Å². The SMILES string of the molecule is Cc1cccc(Oc2c(CCC(=O)NC3CC3)c(C)nn2-c2ccccc2C)c1. The number of aryl methyl sites for hydroxylation is 3. The first kappa shape index (κ1) is 19.2. The topological polar surface area (TPSA) is 56.1 Å². The van der Waals surface area contributed by atoms with Crippen molar-refractivity contribution in [3.63, 3.8) is 0 Å². The summed E-state index contributed by atoms with van der Waals surface area (Å²) in [6.45, 7) is 6.08. The van der Waals surface area contributed by atoms with Crippen LogP contribution >= 0.6 is 0 Å². The van der Waals surface area contributed by atoms with Crippen LogP contribution in [-0.4, -0.2) is 21.7 Å². The fourth-order valence-electron chi connectivity index (χ4n) is 3.45. The predicted molar refractivity (Wildman–Crippen MR) is 114 cm³/mol. The minimum atomic E-state index is 0.0945. The Bertz CT molecular complexity index is 1030. The van der Waals surface area contributed by atoms with Gasteiger partial charge in [-0.2, -0.15) is 9.78 Å². The van der Waals surface area contributed by atoms with Gasteiger partial charge in [0.25, 0.3) is 0 Å². The van der Waals surface area contributed by atoms with Gasteiger partial charge in [-0.3, -0.25) is 4.79 Å². The van der Waals surface area contributed by atoms with Gasteiger partial charge in [0.15, 0.2) is 0 Å². The lowest BCUT2D eigenvalue weighted by Gasteiger charge is -2.13. The summed E-state index contributed by atoms with van der Waals surface area (Å²) in [5.41, 5.74) is 5.08. The highest BCUT2D eigenvalue weighted by atomic mass is 16.5. The Morgan fingerprint density at radius 1 is 1.14 bits per heavy atom. The van der Waals surface area contributed by atoms with Crippen molar-refractivity contribution in [2.45, 2.75) is 52.5 Å². The van der Waals surface area contributed by atoms with E-state index in [1.165, 1.54) is 0 Å². The molecule has 0 radical (unpaired) electrons. The summed E-state index contributed by atoms with van der Waals surface area (Å²) in [6.07, 6.45) is 3.22. The molecule has 0 saturated heterocycles. The van der Waals surface area contributed by atoms with Gasteiger partial charge < -0.3 is 10.1 Å². The number of para-hydroxylation sites is 1. The lowest BCUT2D eigenvalue weighted by molar-refractivity contribution is -0.121. The number of benzene rings is 2. The molecule has 1 N–H and O–H groups in total. The Morgan fingerprint density at radius 2 is 1.93 bits per heavy atom. The molecule has 0 atom stereocenters. The number of hydrogen-bond donors (Lipinski definition) is 1. The van der Waals surface area contributed by atoms with Crippen molar-refractivity contribution >= 4 is 5.91 Å². The van der Waals surface area contributed by atoms with Crippen LogP contribution in [-0.2, 0) is 11.2 Å². The van der Waals surface area contributed by atoms with Gasteiger partial charge in [0, 0.05) is 18.0 Å². The fourth-order valence-corrected chi connectivity index (χ4v) is 3.45. The average Bonchev–Trinajstić information content (AvgIpc) is 3.44. The lowest BCUT2D eigenvalue weighted by atomic mass is 10.1. The van der Waals surface area contributed by atoms with Gasteiger partial charge in [0.2, 0.25) is 11.8 Å². The molecule has 2 aromatic carbocycles. The van der Waals surface area contributed by atoms with Crippen molar-refractivity contribution in [3.8, 4) is 17.3 Å². The van der Waals surface area contributed by atoms with Crippen LogP contribution in [0.1, 0.15) is 41.6 Å². The third-order valence-electron chi connectivity index (χ3n) is 5.23. The Kier molecular flexibility index (Phi) is 5.38. The van der Waals surface area contributed by atoms with E-state index < -0.39 is 0 Å². The number of rotatable bonds is 7. The summed E-state index contributed by atoms with van der Waals surface area (Å²) in [7, 11) is 0. The summed E-state index contributed by atoms with van der Waals surface area (Å²) in [5, 5.41) is 7.83. The molecule has 1 aliphatic rings. The second kappa shape index (κ2) is 8.11. The maximum absolute atomic E-state index is 12.2. The minimum absolute atomic E-state index is 0.0945. The third kappa shape index (κ3) is 4.50. The molecule has 0 spiro atoms. The molecule has 1 amide bonds. The van der Waals surface area contributed by atoms with Gasteiger partial charge in [-0.15, -0.1) is 0 Å². The molecule has 4 rings (SSSR count). The van der Waals surface area contributed by atoms with Crippen molar-refractivity contribution in [2.24, 2.45) is 0 Å².